The second-order valence-corrected chi connectivity index (χ2v) is 7.52. The van der Waals surface area contributed by atoms with Crippen LogP contribution in [0.2, 0.25) is 0 Å². The summed E-state index contributed by atoms with van der Waals surface area (Å²) in [5.41, 5.74) is 0.132. The molecule has 1 fully saturated rings. The van der Waals surface area contributed by atoms with Crippen LogP contribution in [0.5, 0.6) is 0 Å². The maximum Gasteiger partial charge on any atom is 0.355 e. The highest BCUT2D eigenvalue weighted by Gasteiger charge is 2.53. The summed E-state index contributed by atoms with van der Waals surface area (Å²) in [5.74, 6) is -0.663. The number of likely N-dealkylation sites (N-methyl/N-ethyl adjacent to an activating group) is 1. The number of carbonyl (C=O) groups is 3. The third kappa shape index (κ3) is 3.69. The Morgan fingerprint density at radius 3 is 2.57 bits per heavy atom. The third-order valence-electron chi connectivity index (χ3n) is 3.40. The number of carbonyl (C=O) groups excluding carboxylic acids is 3. The van der Waals surface area contributed by atoms with Crippen molar-refractivity contribution in [1.82, 2.24) is 10.2 Å². The smallest absolute Gasteiger partial charge is 0.355 e. The van der Waals surface area contributed by atoms with Gasteiger partial charge >= 0.3 is 11.9 Å². The van der Waals surface area contributed by atoms with Gasteiger partial charge in [0.15, 0.2) is 0 Å². The number of hydrogen-bond donors (Lipinski definition) is 1. The van der Waals surface area contributed by atoms with Crippen molar-refractivity contribution in [3.8, 4) is 0 Å². The van der Waals surface area contributed by atoms with Crippen molar-refractivity contribution < 1.29 is 23.9 Å². The summed E-state index contributed by atoms with van der Waals surface area (Å²) < 4.78 is 10.4. The molecule has 2 heterocycles. The molecule has 8 heteroatoms. The van der Waals surface area contributed by atoms with E-state index in [1.165, 1.54) is 23.6 Å². The number of hydrogen-bond acceptors (Lipinski definition) is 7. The van der Waals surface area contributed by atoms with Crippen molar-refractivity contribution in [3.63, 3.8) is 0 Å². The Morgan fingerprint density at radius 1 is 1.39 bits per heavy atom. The molecule has 0 radical (unpaired) electrons. The molecule has 0 spiro atoms. The molecule has 0 aliphatic carbocycles. The van der Waals surface area contributed by atoms with Gasteiger partial charge in [-0.15, -0.1) is 11.8 Å². The molecule has 0 aromatic heterocycles. The number of nitrogens with zero attached hydrogens (tertiary/aromatic N) is 1. The summed E-state index contributed by atoms with van der Waals surface area (Å²) in [6, 6.07) is -0.312. The Balaban J connectivity index is 2.31. The van der Waals surface area contributed by atoms with Crippen LogP contribution in [0.25, 0.3) is 0 Å². The van der Waals surface area contributed by atoms with Gasteiger partial charge in [-0.3, -0.25) is 14.5 Å². The second-order valence-electron chi connectivity index (χ2n) is 6.41. The van der Waals surface area contributed by atoms with Gasteiger partial charge < -0.3 is 14.8 Å². The highest BCUT2D eigenvalue weighted by Crippen LogP contribution is 2.40. The number of nitrogens with one attached hydrogen (secondary N) is 1. The SMILES string of the molecule is CNC1C(=O)N2C(C(=O)OC(C)(C)C)=C(COC(C)=O)CSC12. The number of ether oxygens (including phenoxy) is 2. The maximum atomic E-state index is 12.6. The van der Waals surface area contributed by atoms with Crippen LogP contribution < -0.4 is 5.32 Å². The van der Waals surface area contributed by atoms with Crippen LogP contribution in [0.4, 0.5) is 0 Å². The summed E-state index contributed by atoms with van der Waals surface area (Å²) in [4.78, 5) is 37.3. The zero-order valence-corrected chi connectivity index (χ0v) is 14.8. The average molecular weight is 342 g/mol. The van der Waals surface area contributed by atoms with Gasteiger partial charge in [0, 0.05) is 18.2 Å². The Bertz CT molecular complexity index is 567. The lowest BCUT2D eigenvalue weighted by atomic mass is 10.0. The number of esters is 2. The van der Waals surface area contributed by atoms with E-state index < -0.39 is 17.5 Å². The third-order valence-corrected chi connectivity index (χ3v) is 4.74. The predicted octanol–water partition coefficient (Wildman–Crippen LogP) is 0.648. The van der Waals surface area contributed by atoms with Gasteiger partial charge in [0.25, 0.3) is 0 Å². The summed E-state index contributed by atoms with van der Waals surface area (Å²) >= 11 is 1.53. The standard InChI is InChI=1S/C15H22N2O5S/c1-8(18)21-6-9-7-23-13-10(16-5)12(19)17(13)11(9)14(20)22-15(2,3)4/h10,13,16H,6-7H2,1-5H3. The summed E-state index contributed by atoms with van der Waals surface area (Å²) in [5, 5.41) is 2.81. The fourth-order valence-electron chi connectivity index (χ4n) is 2.43. The summed E-state index contributed by atoms with van der Waals surface area (Å²) in [7, 11) is 1.71. The minimum Gasteiger partial charge on any atom is -0.461 e. The molecule has 0 aromatic carbocycles. The topological polar surface area (TPSA) is 84.9 Å². The van der Waals surface area contributed by atoms with E-state index in [1.54, 1.807) is 27.8 Å². The molecule has 2 unspecified atom stereocenters. The van der Waals surface area contributed by atoms with Crippen molar-refractivity contribution in [1.29, 1.82) is 0 Å². The molecule has 2 aliphatic heterocycles. The Hall–Kier alpha value is -1.54. The monoisotopic (exact) mass is 342 g/mol. The van der Waals surface area contributed by atoms with E-state index >= 15 is 0 Å². The normalized spacial score (nSPS) is 24.0. The van der Waals surface area contributed by atoms with E-state index in [4.69, 9.17) is 9.47 Å². The van der Waals surface area contributed by atoms with Crippen molar-refractivity contribution in [2.75, 3.05) is 19.4 Å². The van der Waals surface area contributed by atoms with Gasteiger partial charge in [0.1, 0.15) is 29.3 Å². The van der Waals surface area contributed by atoms with E-state index in [0.717, 1.165) is 0 Å². The summed E-state index contributed by atoms with van der Waals surface area (Å²) in [6.07, 6.45) is 0. The lowest BCUT2D eigenvalue weighted by molar-refractivity contribution is -0.158. The molecule has 0 saturated carbocycles. The molecule has 128 valence electrons. The van der Waals surface area contributed by atoms with Crippen LogP contribution in [0.3, 0.4) is 0 Å². The van der Waals surface area contributed by atoms with E-state index in [1.807, 2.05) is 0 Å². The highest BCUT2D eigenvalue weighted by molar-refractivity contribution is 8.00. The van der Waals surface area contributed by atoms with Gasteiger partial charge in [-0.1, -0.05) is 0 Å². The average Bonchev–Trinajstić information content (AvgIpc) is 2.42. The Kier molecular flexibility index (Phi) is 5.05. The first-order valence-corrected chi connectivity index (χ1v) is 8.41. The van der Waals surface area contributed by atoms with Crippen LogP contribution in [0.1, 0.15) is 27.7 Å². The van der Waals surface area contributed by atoms with E-state index in [-0.39, 0.29) is 29.6 Å². The van der Waals surface area contributed by atoms with Crippen molar-refractivity contribution in [2.45, 2.75) is 44.7 Å². The molecule has 2 atom stereocenters. The zero-order chi connectivity index (χ0) is 17.4. The fraction of sp³-hybridized carbons (Fsp3) is 0.667. The van der Waals surface area contributed by atoms with Crippen LogP contribution >= 0.6 is 11.8 Å². The molecule has 0 aromatic rings. The minimum atomic E-state index is -0.674. The second kappa shape index (κ2) is 6.52. The number of fused-ring (bicyclic) bond motifs is 1. The van der Waals surface area contributed by atoms with Gasteiger partial charge in [-0.05, 0) is 27.8 Å². The van der Waals surface area contributed by atoms with E-state index in [2.05, 4.69) is 5.32 Å². The molecule has 0 bridgehead atoms. The van der Waals surface area contributed by atoms with Gasteiger partial charge in [0.05, 0.1) is 0 Å². The molecule has 7 nitrogen and oxygen atoms in total. The van der Waals surface area contributed by atoms with Crippen LogP contribution in [0, 0.1) is 0 Å². The molecule has 1 amide bonds. The minimum absolute atomic E-state index is 0.0162. The lowest BCUT2D eigenvalue weighted by Crippen LogP contribution is -2.69. The lowest BCUT2D eigenvalue weighted by Gasteiger charge is -2.49. The molecule has 2 rings (SSSR count). The number of thioether (sulfide) groups is 1. The first-order chi connectivity index (χ1) is 10.7. The van der Waals surface area contributed by atoms with E-state index in [0.29, 0.717) is 11.3 Å². The van der Waals surface area contributed by atoms with Gasteiger partial charge in [0.2, 0.25) is 5.91 Å². The summed E-state index contributed by atoms with van der Waals surface area (Å²) in [6.45, 7) is 6.58. The molecule has 1 N–H and O–H groups in total. The number of rotatable bonds is 4. The molecular weight excluding hydrogens is 320 g/mol. The zero-order valence-electron chi connectivity index (χ0n) is 14.0. The maximum absolute atomic E-state index is 12.6. The van der Waals surface area contributed by atoms with Crippen LogP contribution in [-0.2, 0) is 23.9 Å². The predicted molar refractivity (Wildman–Crippen MR) is 85.4 cm³/mol. The van der Waals surface area contributed by atoms with E-state index in [9.17, 15) is 14.4 Å². The molecule has 23 heavy (non-hydrogen) atoms. The highest BCUT2D eigenvalue weighted by atomic mass is 32.2. The molecule has 1 saturated heterocycles. The van der Waals surface area contributed by atoms with Gasteiger partial charge in [-0.25, -0.2) is 4.79 Å². The van der Waals surface area contributed by atoms with Gasteiger partial charge in [-0.2, -0.15) is 0 Å². The largest absolute Gasteiger partial charge is 0.461 e. The van der Waals surface area contributed by atoms with Crippen LogP contribution in [-0.4, -0.2) is 59.2 Å². The van der Waals surface area contributed by atoms with Crippen LogP contribution in [0.15, 0.2) is 11.3 Å². The first-order valence-electron chi connectivity index (χ1n) is 7.36. The fourth-order valence-corrected chi connectivity index (χ4v) is 3.83. The number of β-lactam (4-membered cyclic amide) rings is 1. The van der Waals surface area contributed by atoms with Crippen molar-refractivity contribution in [3.05, 3.63) is 11.3 Å². The van der Waals surface area contributed by atoms with Crippen molar-refractivity contribution in [2.24, 2.45) is 0 Å². The molecule has 2 aliphatic rings. The molecular formula is C15H22N2O5S. The quantitative estimate of drug-likeness (QED) is 0.593. The Morgan fingerprint density at radius 2 is 2.04 bits per heavy atom. The number of amides is 1. The first kappa shape index (κ1) is 17.8. The Labute approximate surface area is 139 Å². The van der Waals surface area contributed by atoms with Crippen molar-refractivity contribution >= 4 is 29.6 Å².